The lowest BCUT2D eigenvalue weighted by atomic mass is 9.92. The van der Waals surface area contributed by atoms with Gasteiger partial charge in [0.05, 0.1) is 6.10 Å². The molecule has 2 aliphatic rings. The van der Waals surface area contributed by atoms with Crippen molar-refractivity contribution in [1.82, 2.24) is 0 Å². The van der Waals surface area contributed by atoms with Gasteiger partial charge in [0.1, 0.15) is 0 Å². The first-order chi connectivity index (χ1) is 7.68. The lowest BCUT2D eigenvalue weighted by molar-refractivity contribution is 0.00931. The van der Waals surface area contributed by atoms with Gasteiger partial charge in [0.2, 0.25) is 0 Å². The highest BCUT2D eigenvalue weighted by Gasteiger charge is 2.34. The first-order valence-electron chi connectivity index (χ1n) is 6.21. The highest BCUT2D eigenvalue weighted by molar-refractivity contribution is 8.07. The molecule has 4 heteroatoms. The minimum absolute atomic E-state index is 0.128. The lowest BCUT2D eigenvalue weighted by Crippen LogP contribution is -2.40. The van der Waals surface area contributed by atoms with Crippen molar-refractivity contribution >= 4 is 23.5 Å². The zero-order valence-corrected chi connectivity index (χ0v) is 11.7. The van der Waals surface area contributed by atoms with Gasteiger partial charge in [0.25, 0.3) is 0 Å². The van der Waals surface area contributed by atoms with Crippen molar-refractivity contribution in [2.45, 2.75) is 48.5 Å². The molecule has 2 nitrogen and oxygen atoms in total. The fourth-order valence-electron chi connectivity index (χ4n) is 2.35. The third kappa shape index (κ3) is 3.09. The van der Waals surface area contributed by atoms with Crippen molar-refractivity contribution in [1.29, 1.82) is 0 Å². The molecule has 2 saturated heterocycles. The minimum Gasteiger partial charge on any atom is -0.392 e. The molecule has 2 heterocycles. The van der Waals surface area contributed by atoms with Gasteiger partial charge >= 0.3 is 0 Å². The second kappa shape index (κ2) is 5.98. The van der Waals surface area contributed by atoms with E-state index in [1.807, 2.05) is 23.5 Å². The van der Waals surface area contributed by atoms with Gasteiger partial charge in [-0.1, -0.05) is 13.8 Å². The maximum absolute atomic E-state index is 10.4. The average molecular weight is 262 g/mol. The number of rotatable bonds is 2. The Hall–Kier alpha value is 0.620. The normalized spacial score (nSPS) is 39.6. The number of hydrogen-bond acceptors (Lipinski definition) is 4. The molecule has 2 fully saturated rings. The molecule has 4 unspecified atom stereocenters. The van der Waals surface area contributed by atoms with Crippen LogP contribution in [0.4, 0.5) is 0 Å². The van der Waals surface area contributed by atoms with E-state index in [9.17, 15) is 5.11 Å². The molecule has 4 atom stereocenters. The quantitative estimate of drug-likeness (QED) is 0.827. The van der Waals surface area contributed by atoms with Crippen LogP contribution in [0.15, 0.2) is 0 Å². The zero-order chi connectivity index (χ0) is 11.5. The number of aliphatic hydroxyl groups excluding tert-OH is 1. The van der Waals surface area contributed by atoms with Gasteiger partial charge in [0, 0.05) is 34.7 Å². The van der Waals surface area contributed by atoms with Crippen molar-refractivity contribution in [2.75, 3.05) is 19.0 Å². The van der Waals surface area contributed by atoms with E-state index in [1.165, 1.54) is 0 Å². The Balaban J connectivity index is 1.86. The van der Waals surface area contributed by atoms with Crippen LogP contribution in [0.3, 0.4) is 0 Å². The molecule has 94 valence electrons. The monoisotopic (exact) mass is 262 g/mol. The van der Waals surface area contributed by atoms with Crippen LogP contribution in [0.5, 0.6) is 0 Å². The Labute approximate surface area is 107 Å². The summed E-state index contributed by atoms with van der Waals surface area (Å²) < 4.78 is 5.35. The van der Waals surface area contributed by atoms with Gasteiger partial charge in [-0.25, -0.2) is 0 Å². The molecule has 0 aromatic rings. The zero-order valence-electron chi connectivity index (χ0n) is 10.1. The molecule has 1 N–H and O–H groups in total. The Morgan fingerprint density at radius 2 is 1.88 bits per heavy atom. The number of hydrogen-bond donors (Lipinski definition) is 1. The Kier molecular flexibility index (Phi) is 4.89. The SMILES string of the molecule is CC1SCC(C(O)C2CCOCC2)SC1C. The summed E-state index contributed by atoms with van der Waals surface area (Å²) in [5.41, 5.74) is 0. The van der Waals surface area contributed by atoms with Gasteiger partial charge in [-0.2, -0.15) is 23.5 Å². The summed E-state index contributed by atoms with van der Waals surface area (Å²) in [6.45, 7) is 6.24. The van der Waals surface area contributed by atoms with Gasteiger partial charge in [0.15, 0.2) is 0 Å². The Bertz CT molecular complexity index is 219. The molecule has 0 radical (unpaired) electrons. The molecular formula is C12H22O2S2. The van der Waals surface area contributed by atoms with Crippen molar-refractivity contribution in [2.24, 2.45) is 5.92 Å². The van der Waals surface area contributed by atoms with Crippen LogP contribution >= 0.6 is 23.5 Å². The smallest absolute Gasteiger partial charge is 0.0696 e. The van der Waals surface area contributed by atoms with Gasteiger partial charge in [-0.05, 0) is 18.8 Å². The molecule has 2 rings (SSSR count). The summed E-state index contributed by atoms with van der Waals surface area (Å²) in [4.78, 5) is 0. The maximum atomic E-state index is 10.4. The molecule has 2 aliphatic heterocycles. The summed E-state index contributed by atoms with van der Waals surface area (Å²) >= 11 is 4.00. The standard InChI is InChI=1S/C12H22O2S2/c1-8-9(2)16-11(7-15-8)12(13)10-3-5-14-6-4-10/h8-13H,3-7H2,1-2H3. The average Bonchev–Trinajstić information content (AvgIpc) is 2.33. The van der Waals surface area contributed by atoms with E-state index in [0.29, 0.717) is 16.4 Å². The third-order valence-corrected chi connectivity index (χ3v) is 7.21. The van der Waals surface area contributed by atoms with Gasteiger partial charge < -0.3 is 9.84 Å². The number of aliphatic hydroxyl groups is 1. The molecule has 0 saturated carbocycles. The molecule has 0 bridgehead atoms. The van der Waals surface area contributed by atoms with Crippen LogP contribution in [0.25, 0.3) is 0 Å². The van der Waals surface area contributed by atoms with Crippen LogP contribution < -0.4 is 0 Å². The Morgan fingerprint density at radius 1 is 1.19 bits per heavy atom. The molecule has 0 spiro atoms. The predicted molar refractivity (Wildman–Crippen MR) is 72.3 cm³/mol. The van der Waals surface area contributed by atoms with Crippen molar-refractivity contribution in [3.63, 3.8) is 0 Å². The Morgan fingerprint density at radius 3 is 2.50 bits per heavy atom. The van der Waals surface area contributed by atoms with E-state index in [0.717, 1.165) is 37.1 Å². The van der Waals surface area contributed by atoms with Crippen LogP contribution in [0.2, 0.25) is 0 Å². The van der Waals surface area contributed by atoms with E-state index in [2.05, 4.69) is 13.8 Å². The topological polar surface area (TPSA) is 29.5 Å². The number of ether oxygens (including phenoxy) is 1. The van der Waals surface area contributed by atoms with Crippen LogP contribution in [-0.4, -0.2) is 45.9 Å². The maximum Gasteiger partial charge on any atom is 0.0696 e. The summed E-state index contributed by atoms with van der Waals surface area (Å²) in [5, 5.41) is 12.2. The summed E-state index contributed by atoms with van der Waals surface area (Å²) in [6, 6.07) is 0. The van der Waals surface area contributed by atoms with Crippen molar-refractivity contribution in [3.05, 3.63) is 0 Å². The van der Waals surface area contributed by atoms with Gasteiger partial charge in [-0.3, -0.25) is 0 Å². The van der Waals surface area contributed by atoms with Crippen LogP contribution in [0.1, 0.15) is 26.7 Å². The second-order valence-corrected chi connectivity index (χ2v) is 7.89. The predicted octanol–water partition coefficient (Wildman–Crippen LogP) is 2.40. The van der Waals surface area contributed by atoms with E-state index in [1.54, 1.807) is 0 Å². The van der Waals surface area contributed by atoms with Crippen LogP contribution in [-0.2, 0) is 4.74 Å². The lowest BCUT2D eigenvalue weighted by Gasteiger charge is -2.37. The molecule has 16 heavy (non-hydrogen) atoms. The molecule has 0 aromatic heterocycles. The minimum atomic E-state index is -0.128. The number of thioether (sulfide) groups is 2. The fraction of sp³-hybridized carbons (Fsp3) is 1.00. The van der Waals surface area contributed by atoms with E-state index in [4.69, 9.17) is 4.74 Å². The van der Waals surface area contributed by atoms with Gasteiger partial charge in [-0.15, -0.1) is 0 Å². The van der Waals surface area contributed by atoms with Crippen molar-refractivity contribution < 1.29 is 9.84 Å². The fourth-order valence-corrected chi connectivity index (χ4v) is 5.44. The first kappa shape index (κ1) is 13.1. The molecule has 0 aromatic carbocycles. The third-order valence-electron chi connectivity index (χ3n) is 3.70. The summed E-state index contributed by atoms with van der Waals surface area (Å²) in [7, 11) is 0. The highest BCUT2D eigenvalue weighted by Crippen LogP contribution is 2.39. The molecule has 0 amide bonds. The van der Waals surface area contributed by atoms with E-state index >= 15 is 0 Å². The van der Waals surface area contributed by atoms with E-state index < -0.39 is 0 Å². The second-order valence-electron chi connectivity index (χ2n) is 4.86. The highest BCUT2D eigenvalue weighted by atomic mass is 32.2. The molecule has 0 aliphatic carbocycles. The van der Waals surface area contributed by atoms with Crippen LogP contribution in [0, 0.1) is 5.92 Å². The summed E-state index contributed by atoms with van der Waals surface area (Å²) in [6.07, 6.45) is 1.94. The summed E-state index contributed by atoms with van der Waals surface area (Å²) in [5.74, 6) is 1.57. The van der Waals surface area contributed by atoms with Crippen molar-refractivity contribution in [3.8, 4) is 0 Å². The molecular weight excluding hydrogens is 240 g/mol. The first-order valence-corrected chi connectivity index (χ1v) is 8.20. The van der Waals surface area contributed by atoms with E-state index in [-0.39, 0.29) is 6.10 Å². The largest absolute Gasteiger partial charge is 0.392 e.